The van der Waals surface area contributed by atoms with E-state index in [2.05, 4.69) is 46.9 Å². The van der Waals surface area contributed by atoms with Gasteiger partial charge in [0.2, 0.25) is 5.69 Å². The number of nitrogens with one attached hydrogen (secondary N) is 3. The van der Waals surface area contributed by atoms with E-state index in [1.165, 1.54) is 0 Å². The van der Waals surface area contributed by atoms with Gasteiger partial charge in [-0.2, -0.15) is 9.94 Å². The molecule has 144 valence electrons. The lowest BCUT2D eigenvalue weighted by Crippen LogP contribution is -2.33. The van der Waals surface area contributed by atoms with E-state index in [4.69, 9.17) is 10.00 Å². The fourth-order valence-electron chi connectivity index (χ4n) is 2.61. The number of hydrogen-bond acceptors (Lipinski definition) is 6. The molecule has 0 saturated carbocycles. The monoisotopic (exact) mass is 518 g/mol. The quantitative estimate of drug-likeness (QED) is 0.378. The van der Waals surface area contributed by atoms with Crippen LogP contribution in [0.3, 0.4) is 0 Å². The second-order valence-electron chi connectivity index (χ2n) is 5.76. The SMILES string of the molecule is N#Cc1nn(-c2cc(Br)c(Oc3ccc4[nH]c(=O)[nH]c4c3)c(Br)c2)c(=O)[nH]c1=O. The predicted octanol–water partition coefficient (Wildman–Crippen LogP) is 2.28. The van der Waals surface area contributed by atoms with Crippen molar-refractivity contribution >= 4 is 42.9 Å². The van der Waals surface area contributed by atoms with E-state index in [0.29, 0.717) is 37.2 Å². The number of rotatable bonds is 3. The lowest BCUT2D eigenvalue weighted by molar-refractivity contribution is 0.477. The Morgan fingerprint density at radius 3 is 2.38 bits per heavy atom. The molecule has 0 saturated heterocycles. The van der Waals surface area contributed by atoms with Gasteiger partial charge in [-0.1, -0.05) is 0 Å². The number of nitrogens with zero attached hydrogens (tertiary/aromatic N) is 3. The molecule has 29 heavy (non-hydrogen) atoms. The van der Waals surface area contributed by atoms with Crippen LogP contribution in [-0.4, -0.2) is 24.7 Å². The number of aromatic amines is 3. The number of imidazole rings is 1. The molecule has 2 aromatic carbocycles. The molecule has 0 fully saturated rings. The summed E-state index contributed by atoms with van der Waals surface area (Å²) in [6, 6.07) is 9.77. The van der Waals surface area contributed by atoms with Gasteiger partial charge in [0.25, 0.3) is 5.56 Å². The van der Waals surface area contributed by atoms with Crippen LogP contribution in [0.15, 0.2) is 53.7 Å². The molecule has 4 aromatic rings. The second-order valence-corrected chi connectivity index (χ2v) is 7.47. The van der Waals surface area contributed by atoms with Crippen molar-refractivity contribution in [3.8, 4) is 23.3 Å². The highest BCUT2D eigenvalue weighted by molar-refractivity contribution is 9.11. The van der Waals surface area contributed by atoms with Crippen molar-refractivity contribution in [3.63, 3.8) is 0 Å². The molecule has 3 N–H and O–H groups in total. The molecule has 0 bridgehead atoms. The summed E-state index contributed by atoms with van der Waals surface area (Å²) in [6.45, 7) is 0. The highest BCUT2D eigenvalue weighted by atomic mass is 79.9. The molecule has 10 nitrogen and oxygen atoms in total. The van der Waals surface area contributed by atoms with Gasteiger partial charge in [0, 0.05) is 6.07 Å². The van der Waals surface area contributed by atoms with Crippen LogP contribution in [0, 0.1) is 11.3 Å². The number of benzene rings is 2. The highest BCUT2D eigenvalue weighted by Crippen LogP contribution is 2.38. The molecule has 12 heteroatoms. The van der Waals surface area contributed by atoms with E-state index in [-0.39, 0.29) is 5.69 Å². The first-order chi connectivity index (χ1) is 13.9. The van der Waals surface area contributed by atoms with E-state index in [9.17, 15) is 14.4 Å². The molecule has 0 aliphatic heterocycles. The van der Waals surface area contributed by atoms with Crippen LogP contribution in [0.4, 0.5) is 0 Å². The fraction of sp³-hybridized carbons (Fsp3) is 0. The zero-order valence-corrected chi connectivity index (χ0v) is 17.3. The van der Waals surface area contributed by atoms with E-state index in [1.807, 2.05) is 4.98 Å². The maximum Gasteiger partial charge on any atom is 0.349 e. The Hall–Kier alpha value is -3.43. The highest BCUT2D eigenvalue weighted by Gasteiger charge is 2.15. The number of hydrogen-bond donors (Lipinski definition) is 3. The third kappa shape index (κ3) is 3.53. The van der Waals surface area contributed by atoms with Gasteiger partial charge in [-0.05, 0) is 56.1 Å². The average molecular weight is 520 g/mol. The summed E-state index contributed by atoms with van der Waals surface area (Å²) in [5.74, 6) is 0.872. The minimum atomic E-state index is -0.856. The molecule has 0 amide bonds. The van der Waals surface area contributed by atoms with Crippen LogP contribution in [-0.2, 0) is 0 Å². The number of fused-ring (bicyclic) bond motifs is 1. The Kier molecular flexibility index (Phi) is 4.69. The second kappa shape index (κ2) is 7.19. The summed E-state index contributed by atoms with van der Waals surface area (Å²) in [7, 11) is 0. The van der Waals surface area contributed by atoms with Gasteiger partial charge in [0.05, 0.1) is 25.7 Å². The zero-order valence-electron chi connectivity index (χ0n) is 14.1. The lowest BCUT2D eigenvalue weighted by atomic mass is 10.3. The third-order valence-electron chi connectivity index (χ3n) is 3.87. The van der Waals surface area contributed by atoms with Crippen LogP contribution in [0.25, 0.3) is 16.7 Å². The van der Waals surface area contributed by atoms with Crippen molar-refractivity contribution in [2.45, 2.75) is 0 Å². The summed E-state index contributed by atoms with van der Waals surface area (Å²) in [5, 5.41) is 12.7. The zero-order chi connectivity index (χ0) is 20.7. The van der Waals surface area contributed by atoms with Crippen molar-refractivity contribution in [1.29, 1.82) is 5.26 Å². The molecule has 4 rings (SSSR count). The largest absolute Gasteiger partial charge is 0.455 e. The van der Waals surface area contributed by atoms with Gasteiger partial charge in [0.1, 0.15) is 11.8 Å². The number of H-pyrrole nitrogens is 3. The maximum atomic E-state index is 12.1. The predicted molar refractivity (Wildman–Crippen MR) is 110 cm³/mol. The van der Waals surface area contributed by atoms with Crippen LogP contribution in [0.2, 0.25) is 0 Å². The smallest absolute Gasteiger partial charge is 0.349 e. The Labute approximate surface area is 177 Å². The summed E-state index contributed by atoms with van der Waals surface area (Å²) in [4.78, 5) is 42.3. The molecule has 2 aromatic heterocycles. The Balaban J connectivity index is 1.76. The number of halogens is 2. The van der Waals surface area contributed by atoms with E-state index in [0.717, 1.165) is 4.68 Å². The minimum absolute atomic E-state index is 0.291. The van der Waals surface area contributed by atoms with Gasteiger partial charge in [0.15, 0.2) is 5.75 Å². The summed E-state index contributed by atoms with van der Waals surface area (Å²) < 4.78 is 7.74. The molecule has 0 aliphatic rings. The molecule has 0 atom stereocenters. The van der Waals surface area contributed by atoms with E-state index < -0.39 is 16.9 Å². The van der Waals surface area contributed by atoms with Crippen LogP contribution in [0.1, 0.15) is 5.69 Å². The van der Waals surface area contributed by atoms with Crippen molar-refractivity contribution < 1.29 is 4.74 Å². The first-order valence-corrected chi connectivity index (χ1v) is 9.47. The van der Waals surface area contributed by atoms with E-state index >= 15 is 0 Å². The van der Waals surface area contributed by atoms with Crippen molar-refractivity contribution in [2.75, 3.05) is 0 Å². The molecule has 0 aliphatic carbocycles. The maximum absolute atomic E-state index is 12.1. The molecular weight excluding hydrogens is 512 g/mol. The first-order valence-electron chi connectivity index (χ1n) is 7.89. The Bertz CT molecular complexity index is 1470. The van der Waals surface area contributed by atoms with Gasteiger partial charge >= 0.3 is 11.4 Å². The molecule has 2 heterocycles. The number of nitriles is 1. The van der Waals surface area contributed by atoms with Crippen LogP contribution >= 0.6 is 31.9 Å². The minimum Gasteiger partial charge on any atom is -0.455 e. The van der Waals surface area contributed by atoms with Gasteiger partial charge in [-0.15, -0.1) is 5.10 Å². The topological polar surface area (TPSA) is 149 Å². The standard InChI is InChI=1S/C17H8Br2N6O4/c18-9-3-7(25-17(28)23-15(26)13(6-20)24-25)4-10(19)14(9)29-8-1-2-11-12(5-8)22-16(27)21-11/h1-5H,(H2,21,22,27)(H,23,26,28). The van der Waals surface area contributed by atoms with Gasteiger partial charge < -0.3 is 14.7 Å². The molecular formula is C17H8Br2N6O4. The first kappa shape index (κ1) is 18.9. The third-order valence-corrected chi connectivity index (χ3v) is 5.05. The summed E-state index contributed by atoms with van der Waals surface area (Å²) in [6.07, 6.45) is 0. The van der Waals surface area contributed by atoms with Crippen LogP contribution < -0.4 is 21.7 Å². The molecule has 0 radical (unpaired) electrons. The van der Waals surface area contributed by atoms with E-state index in [1.54, 1.807) is 36.4 Å². The van der Waals surface area contributed by atoms with Crippen molar-refractivity contribution in [3.05, 3.63) is 76.3 Å². The average Bonchev–Trinajstić information content (AvgIpc) is 3.04. The normalized spacial score (nSPS) is 10.8. The van der Waals surface area contributed by atoms with Crippen molar-refractivity contribution in [2.24, 2.45) is 0 Å². The number of ether oxygens (including phenoxy) is 1. The summed E-state index contributed by atoms with van der Waals surface area (Å²) >= 11 is 6.76. The van der Waals surface area contributed by atoms with Crippen LogP contribution in [0.5, 0.6) is 11.5 Å². The van der Waals surface area contributed by atoms with Gasteiger partial charge in [-0.3, -0.25) is 9.78 Å². The lowest BCUT2D eigenvalue weighted by Gasteiger charge is -2.12. The fourth-order valence-corrected chi connectivity index (χ4v) is 3.93. The van der Waals surface area contributed by atoms with Crippen molar-refractivity contribution in [1.82, 2.24) is 24.7 Å². The molecule has 0 unspecified atom stereocenters. The number of aromatic nitrogens is 5. The van der Waals surface area contributed by atoms with Gasteiger partial charge in [-0.25, -0.2) is 9.59 Å². The Morgan fingerprint density at radius 1 is 1.00 bits per heavy atom. The summed E-state index contributed by atoms with van der Waals surface area (Å²) in [5.41, 5.74) is -0.880. The Morgan fingerprint density at radius 2 is 1.69 bits per heavy atom. The molecule has 0 spiro atoms.